The molecular formula is C8H9N3O2. The highest BCUT2D eigenvalue weighted by Gasteiger charge is 2.13. The first-order valence-electron chi connectivity index (χ1n) is 3.91. The molecule has 13 heavy (non-hydrogen) atoms. The molecule has 0 N–H and O–H groups in total. The number of aromatic nitrogens is 3. The zero-order chi connectivity index (χ0) is 9.59. The van der Waals surface area contributed by atoms with Gasteiger partial charge in [0.2, 0.25) is 0 Å². The summed E-state index contributed by atoms with van der Waals surface area (Å²) in [6, 6.07) is 0. The molecule has 5 nitrogen and oxygen atoms in total. The highest BCUT2D eigenvalue weighted by atomic mass is 16.5. The van der Waals surface area contributed by atoms with Crippen molar-refractivity contribution in [2.24, 2.45) is 7.05 Å². The maximum Gasteiger partial charge on any atom is 0.279 e. The molecule has 2 rings (SSSR count). The Morgan fingerprint density at radius 2 is 2.00 bits per heavy atom. The first kappa shape index (κ1) is 7.97. The summed E-state index contributed by atoms with van der Waals surface area (Å²) in [6.07, 6.45) is 0. The fourth-order valence-corrected chi connectivity index (χ4v) is 1.35. The fraction of sp³-hybridized carbons (Fsp3) is 0.375. The van der Waals surface area contributed by atoms with Crippen LogP contribution in [0, 0.1) is 13.8 Å². The van der Waals surface area contributed by atoms with E-state index < -0.39 is 0 Å². The summed E-state index contributed by atoms with van der Waals surface area (Å²) in [5.41, 5.74) is 1.61. The lowest BCUT2D eigenvalue weighted by Gasteiger charge is -1.97. The molecule has 0 unspecified atom stereocenters. The lowest BCUT2D eigenvalue weighted by Crippen LogP contribution is -2.20. The maximum atomic E-state index is 11.6. The molecule has 0 aliphatic heterocycles. The van der Waals surface area contributed by atoms with Crippen molar-refractivity contribution >= 4 is 11.0 Å². The van der Waals surface area contributed by atoms with Crippen molar-refractivity contribution in [3.05, 3.63) is 21.7 Å². The number of fused-ring (bicyclic) bond motifs is 1. The Kier molecular flexibility index (Phi) is 1.48. The third-order valence-electron chi connectivity index (χ3n) is 2.00. The Morgan fingerprint density at radius 1 is 1.31 bits per heavy atom. The molecule has 68 valence electrons. The van der Waals surface area contributed by atoms with Crippen molar-refractivity contribution in [3.63, 3.8) is 0 Å². The van der Waals surface area contributed by atoms with Gasteiger partial charge in [-0.3, -0.25) is 4.79 Å². The SMILES string of the molecule is Cc1nn(C)c(=O)c2c(C)noc12. The van der Waals surface area contributed by atoms with E-state index in [0.29, 0.717) is 22.4 Å². The first-order chi connectivity index (χ1) is 6.11. The van der Waals surface area contributed by atoms with Gasteiger partial charge >= 0.3 is 0 Å². The Labute approximate surface area is 74.0 Å². The first-order valence-corrected chi connectivity index (χ1v) is 3.91. The molecule has 0 saturated heterocycles. The molecule has 0 aromatic carbocycles. The zero-order valence-corrected chi connectivity index (χ0v) is 7.66. The second-order valence-electron chi connectivity index (χ2n) is 2.99. The predicted octanol–water partition coefficient (Wildman–Crippen LogP) is 0.538. The number of rotatable bonds is 0. The van der Waals surface area contributed by atoms with Crippen molar-refractivity contribution in [3.8, 4) is 0 Å². The van der Waals surface area contributed by atoms with Gasteiger partial charge in [-0.05, 0) is 13.8 Å². The van der Waals surface area contributed by atoms with Crippen molar-refractivity contribution in [2.75, 3.05) is 0 Å². The van der Waals surface area contributed by atoms with Gasteiger partial charge in [0.25, 0.3) is 5.56 Å². The van der Waals surface area contributed by atoms with Crippen LogP contribution in [0.4, 0.5) is 0 Å². The third kappa shape index (κ3) is 0.965. The Bertz CT molecular complexity index is 524. The number of hydrogen-bond donors (Lipinski definition) is 0. The Balaban J connectivity index is 3.10. The van der Waals surface area contributed by atoms with Crippen LogP contribution in [-0.4, -0.2) is 14.9 Å². The van der Waals surface area contributed by atoms with Gasteiger partial charge in [0, 0.05) is 7.05 Å². The summed E-state index contributed by atoms with van der Waals surface area (Å²) in [6.45, 7) is 3.53. The van der Waals surface area contributed by atoms with Crippen molar-refractivity contribution in [1.29, 1.82) is 0 Å². The van der Waals surface area contributed by atoms with E-state index in [9.17, 15) is 4.79 Å². The lowest BCUT2D eigenvalue weighted by molar-refractivity contribution is 0.446. The zero-order valence-electron chi connectivity index (χ0n) is 7.66. The van der Waals surface area contributed by atoms with Crippen LogP contribution in [0.25, 0.3) is 11.0 Å². The van der Waals surface area contributed by atoms with Gasteiger partial charge in [0.15, 0.2) is 5.58 Å². The van der Waals surface area contributed by atoms with E-state index in [2.05, 4.69) is 10.3 Å². The van der Waals surface area contributed by atoms with Crippen LogP contribution < -0.4 is 5.56 Å². The van der Waals surface area contributed by atoms with Gasteiger partial charge in [0.05, 0.1) is 5.69 Å². The van der Waals surface area contributed by atoms with Gasteiger partial charge in [-0.15, -0.1) is 0 Å². The van der Waals surface area contributed by atoms with Crippen LogP contribution >= 0.6 is 0 Å². The third-order valence-corrected chi connectivity index (χ3v) is 2.00. The molecule has 0 saturated carbocycles. The van der Waals surface area contributed by atoms with E-state index in [1.807, 2.05) is 0 Å². The smallest absolute Gasteiger partial charge is 0.279 e. The molecule has 2 aromatic rings. The van der Waals surface area contributed by atoms with E-state index >= 15 is 0 Å². The standard InChI is InChI=1S/C8H9N3O2/c1-4-6-7(13-10-4)5(2)9-11(3)8(6)12/h1-3H3. The Hall–Kier alpha value is -1.65. The highest BCUT2D eigenvalue weighted by Crippen LogP contribution is 2.14. The minimum absolute atomic E-state index is 0.167. The molecule has 0 radical (unpaired) electrons. The van der Waals surface area contributed by atoms with E-state index in [-0.39, 0.29) is 5.56 Å². The second-order valence-corrected chi connectivity index (χ2v) is 2.99. The number of hydrogen-bond acceptors (Lipinski definition) is 4. The van der Waals surface area contributed by atoms with E-state index in [1.54, 1.807) is 20.9 Å². The van der Waals surface area contributed by atoms with E-state index in [4.69, 9.17) is 4.52 Å². The molecule has 0 aliphatic carbocycles. The van der Waals surface area contributed by atoms with Crippen LogP contribution in [0.5, 0.6) is 0 Å². The highest BCUT2D eigenvalue weighted by molar-refractivity contribution is 5.79. The molecule has 2 aromatic heterocycles. The fourth-order valence-electron chi connectivity index (χ4n) is 1.35. The summed E-state index contributed by atoms with van der Waals surface area (Å²) in [4.78, 5) is 11.6. The van der Waals surface area contributed by atoms with Crippen LogP contribution in [-0.2, 0) is 7.05 Å². The van der Waals surface area contributed by atoms with E-state index in [1.165, 1.54) is 4.68 Å². The lowest BCUT2D eigenvalue weighted by atomic mass is 10.2. The molecule has 0 spiro atoms. The minimum Gasteiger partial charge on any atom is -0.354 e. The van der Waals surface area contributed by atoms with Crippen LogP contribution in [0.15, 0.2) is 9.32 Å². The molecule has 2 heterocycles. The summed E-state index contributed by atoms with van der Waals surface area (Å²) in [5.74, 6) is 0. The van der Waals surface area contributed by atoms with Crippen molar-refractivity contribution < 1.29 is 4.52 Å². The van der Waals surface area contributed by atoms with Crippen LogP contribution in [0.2, 0.25) is 0 Å². The summed E-state index contributed by atoms with van der Waals surface area (Å²) in [7, 11) is 1.61. The van der Waals surface area contributed by atoms with Gasteiger partial charge < -0.3 is 4.52 Å². The van der Waals surface area contributed by atoms with Crippen molar-refractivity contribution in [1.82, 2.24) is 14.9 Å². The topological polar surface area (TPSA) is 60.9 Å². The normalized spacial score (nSPS) is 11.0. The molecule has 5 heteroatoms. The van der Waals surface area contributed by atoms with Crippen LogP contribution in [0.1, 0.15) is 11.4 Å². The molecule has 0 aliphatic rings. The van der Waals surface area contributed by atoms with Gasteiger partial charge in [0.1, 0.15) is 11.1 Å². The predicted molar refractivity (Wildman–Crippen MR) is 46.5 cm³/mol. The molecule has 0 fully saturated rings. The van der Waals surface area contributed by atoms with Gasteiger partial charge in [-0.2, -0.15) is 5.10 Å². The van der Waals surface area contributed by atoms with Gasteiger partial charge in [-0.1, -0.05) is 5.16 Å². The summed E-state index contributed by atoms with van der Waals surface area (Å²) < 4.78 is 6.28. The molecular weight excluding hydrogens is 170 g/mol. The quantitative estimate of drug-likeness (QED) is 0.592. The van der Waals surface area contributed by atoms with Crippen molar-refractivity contribution in [2.45, 2.75) is 13.8 Å². The van der Waals surface area contributed by atoms with Gasteiger partial charge in [-0.25, -0.2) is 4.68 Å². The molecule has 0 bridgehead atoms. The average Bonchev–Trinajstić information content (AvgIpc) is 2.44. The number of nitrogens with zero attached hydrogens (tertiary/aromatic N) is 3. The summed E-state index contributed by atoms with van der Waals surface area (Å²) >= 11 is 0. The largest absolute Gasteiger partial charge is 0.354 e. The molecule has 0 amide bonds. The maximum absolute atomic E-state index is 11.6. The van der Waals surface area contributed by atoms with Crippen LogP contribution in [0.3, 0.4) is 0 Å². The van der Waals surface area contributed by atoms with E-state index in [0.717, 1.165) is 0 Å². The summed E-state index contributed by atoms with van der Waals surface area (Å²) in [5, 5.41) is 8.24. The second kappa shape index (κ2) is 2.42. The number of aryl methyl sites for hydroxylation is 3. The minimum atomic E-state index is -0.167. The average molecular weight is 179 g/mol. The Morgan fingerprint density at radius 3 is 2.69 bits per heavy atom. The monoisotopic (exact) mass is 179 g/mol. The molecule has 0 atom stereocenters.